The summed E-state index contributed by atoms with van der Waals surface area (Å²) in [5.41, 5.74) is 1.99. The molecular formula is C7H7N5OS. The summed E-state index contributed by atoms with van der Waals surface area (Å²) in [5, 5.41) is 8.08. The molecule has 0 atom stereocenters. The Kier molecular flexibility index (Phi) is 2.23. The summed E-state index contributed by atoms with van der Waals surface area (Å²) in [6.07, 6.45) is 1.37. The number of hydrogen-bond donors (Lipinski definition) is 1. The first kappa shape index (κ1) is 8.82. The molecule has 2 aromatic heterocycles. The highest BCUT2D eigenvalue weighted by molar-refractivity contribution is 7.07. The number of carbonyl (C=O) groups excluding carboxylic acids is 1. The molecule has 0 bridgehead atoms. The number of nitrogens with one attached hydrogen (secondary N) is 1. The van der Waals surface area contributed by atoms with Crippen LogP contribution in [0.3, 0.4) is 0 Å². The van der Waals surface area contributed by atoms with Gasteiger partial charge < -0.3 is 0 Å². The number of aryl methyl sites for hydroxylation is 1. The SMILES string of the molecule is Cn1ncnc1NC(=O)c1cscn1. The van der Waals surface area contributed by atoms with Crippen molar-refractivity contribution in [3.8, 4) is 0 Å². The second-order valence-corrected chi connectivity index (χ2v) is 3.25. The Hall–Kier alpha value is -1.76. The fourth-order valence-corrected chi connectivity index (χ4v) is 1.43. The standard InChI is InChI=1S/C7H7N5OS/c1-12-7(8-3-10-12)11-6(13)5-2-14-4-9-5/h2-4H,1H3,(H,8,10,11,13). The van der Waals surface area contributed by atoms with Crippen molar-refractivity contribution in [1.29, 1.82) is 0 Å². The molecule has 0 unspecified atom stereocenters. The van der Waals surface area contributed by atoms with Crippen molar-refractivity contribution in [2.24, 2.45) is 7.05 Å². The number of rotatable bonds is 2. The molecule has 0 saturated carbocycles. The summed E-state index contributed by atoms with van der Waals surface area (Å²) >= 11 is 1.37. The quantitative estimate of drug-likeness (QED) is 0.782. The number of hydrogen-bond acceptors (Lipinski definition) is 5. The van der Waals surface area contributed by atoms with Crippen LogP contribution in [0.4, 0.5) is 5.95 Å². The lowest BCUT2D eigenvalue weighted by atomic mass is 10.5. The lowest BCUT2D eigenvalue weighted by Crippen LogP contribution is -2.15. The molecule has 1 N–H and O–H groups in total. The molecule has 6 nitrogen and oxygen atoms in total. The zero-order valence-electron chi connectivity index (χ0n) is 7.34. The van der Waals surface area contributed by atoms with E-state index >= 15 is 0 Å². The average Bonchev–Trinajstić information content (AvgIpc) is 2.77. The second kappa shape index (κ2) is 3.54. The zero-order valence-corrected chi connectivity index (χ0v) is 8.15. The van der Waals surface area contributed by atoms with Gasteiger partial charge in [-0.3, -0.25) is 10.1 Å². The second-order valence-electron chi connectivity index (χ2n) is 2.54. The van der Waals surface area contributed by atoms with Crippen molar-refractivity contribution in [2.45, 2.75) is 0 Å². The molecule has 14 heavy (non-hydrogen) atoms. The minimum Gasteiger partial charge on any atom is -0.289 e. The predicted molar refractivity (Wildman–Crippen MR) is 51.1 cm³/mol. The molecule has 0 aromatic carbocycles. The molecule has 2 heterocycles. The maximum atomic E-state index is 11.5. The van der Waals surface area contributed by atoms with E-state index in [0.717, 1.165) is 0 Å². The van der Waals surface area contributed by atoms with Gasteiger partial charge in [0.2, 0.25) is 5.95 Å². The smallest absolute Gasteiger partial charge is 0.277 e. The van der Waals surface area contributed by atoms with Gasteiger partial charge in [-0.15, -0.1) is 11.3 Å². The van der Waals surface area contributed by atoms with Crippen LogP contribution in [0.1, 0.15) is 10.5 Å². The van der Waals surface area contributed by atoms with Crippen molar-refractivity contribution in [2.75, 3.05) is 5.32 Å². The third-order valence-electron chi connectivity index (χ3n) is 1.60. The van der Waals surface area contributed by atoms with Gasteiger partial charge in [-0.05, 0) is 0 Å². The van der Waals surface area contributed by atoms with Gasteiger partial charge in [0, 0.05) is 12.4 Å². The van der Waals surface area contributed by atoms with E-state index in [2.05, 4.69) is 20.4 Å². The van der Waals surface area contributed by atoms with Gasteiger partial charge in [0.25, 0.3) is 5.91 Å². The van der Waals surface area contributed by atoms with Crippen LogP contribution in [0.5, 0.6) is 0 Å². The van der Waals surface area contributed by atoms with Crippen LogP contribution in [-0.4, -0.2) is 25.7 Å². The number of thiazole rings is 1. The Bertz CT molecular complexity index is 435. The van der Waals surface area contributed by atoms with Crippen LogP contribution >= 0.6 is 11.3 Å². The maximum Gasteiger partial charge on any atom is 0.277 e. The van der Waals surface area contributed by atoms with E-state index in [9.17, 15) is 4.79 Å². The van der Waals surface area contributed by atoms with Crippen LogP contribution in [0.2, 0.25) is 0 Å². The first-order chi connectivity index (χ1) is 6.77. The van der Waals surface area contributed by atoms with Gasteiger partial charge in [0.15, 0.2) is 0 Å². The van der Waals surface area contributed by atoms with E-state index in [4.69, 9.17) is 0 Å². The predicted octanol–water partition coefficient (Wildman–Crippen LogP) is 0.524. The molecule has 0 fully saturated rings. The molecule has 0 aliphatic rings. The van der Waals surface area contributed by atoms with Crippen LogP contribution in [0.15, 0.2) is 17.2 Å². The molecule has 2 aromatic rings. The summed E-state index contributed by atoms with van der Waals surface area (Å²) in [7, 11) is 1.70. The van der Waals surface area contributed by atoms with E-state index < -0.39 is 0 Å². The Morgan fingerprint density at radius 3 is 3.00 bits per heavy atom. The monoisotopic (exact) mass is 209 g/mol. The number of nitrogens with zero attached hydrogens (tertiary/aromatic N) is 4. The minimum atomic E-state index is -0.276. The summed E-state index contributed by atoms with van der Waals surface area (Å²) in [5.74, 6) is 0.130. The van der Waals surface area contributed by atoms with Crippen molar-refractivity contribution < 1.29 is 4.79 Å². The molecule has 0 radical (unpaired) electrons. The van der Waals surface area contributed by atoms with Crippen molar-refractivity contribution in [3.63, 3.8) is 0 Å². The average molecular weight is 209 g/mol. The minimum absolute atomic E-state index is 0.276. The molecule has 0 aliphatic heterocycles. The summed E-state index contributed by atoms with van der Waals surface area (Å²) < 4.78 is 1.48. The highest BCUT2D eigenvalue weighted by Crippen LogP contribution is 2.04. The van der Waals surface area contributed by atoms with Crippen LogP contribution in [0.25, 0.3) is 0 Å². The van der Waals surface area contributed by atoms with Gasteiger partial charge in [0.05, 0.1) is 5.51 Å². The van der Waals surface area contributed by atoms with Gasteiger partial charge in [-0.1, -0.05) is 0 Å². The third kappa shape index (κ3) is 1.62. The molecule has 0 aliphatic carbocycles. The molecule has 1 amide bonds. The largest absolute Gasteiger partial charge is 0.289 e. The van der Waals surface area contributed by atoms with E-state index in [1.807, 2.05) is 0 Å². The highest BCUT2D eigenvalue weighted by Gasteiger charge is 2.10. The fourth-order valence-electron chi connectivity index (χ4n) is 0.900. The maximum absolute atomic E-state index is 11.5. The van der Waals surface area contributed by atoms with Gasteiger partial charge in [0.1, 0.15) is 12.0 Å². The van der Waals surface area contributed by atoms with E-state index in [1.165, 1.54) is 22.3 Å². The Morgan fingerprint density at radius 2 is 2.43 bits per heavy atom. The number of aromatic nitrogens is 4. The Morgan fingerprint density at radius 1 is 1.57 bits per heavy atom. The normalized spacial score (nSPS) is 10.1. The fraction of sp³-hybridized carbons (Fsp3) is 0.143. The number of amides is 1. The van der Waals surface area contributed by atoms with E-state index in [1.54, 1.807) is 17.9 Å². The topological polar surface area (TPSA) is 72.7 Å². The van der Waals surface area contributed by atoms with Crippen molar-refractivity contribution >= 4 is 23.2 Å². The highest BCUT2D eigenvalue weighted by atomic mass is 32.1. The first-order valence-electron chi connectivity index (χ1n) is 3.81. The molecule has 7 heteroatoms. The zero-order chi connectivity index (χ0) is 9.97. The van der Waals surface area contributed by atoms with Crippen molar-refractivity contribution in [3.05, 3.63) is 22.9 Å². The van der Waals surface area contributed by atoms with Gasteiger partial charge in [-0.2, -0.15) is 10.1 Å². The lowest BCUT2D eigenvalue weighted by molar-refractivity contribution is 0.102. The van der Waals surface area contributed by atoms with Crippen LogP contribution < -0.4 is 5.32 Å². The van der Waals surface area contributed by atoms with Crippen LogP contribution in [-0.2, 0) is 7.05 Å². The molecule has 0 spiro atoms. The first-order valence-corrected chi connectivity index (χ1v) is 4.75. The summed E-state index contributed by atoms with van der Waals surface area (Å²) in [6.45, 7) is 0. The Labute approximate surface area is 83.6 Å². The summed E-state index contributed by atoms with van der Waals surface area (Å²) in [6, 6.07) is 0. The van der Waals surface area contributed by atoms with Gasteiger partial charge >= 0.3 is 0 Å². The van der Waals surface area contributed by atoms with Gasteiger partial charge in [-0.25, -0.2) is 9.67 Å². The molecular weight excluding hydrogens is 202 g/mol. The lowest BCUT2D eigenvalue weighted by Gasteiger charge is -2.00. The molecule has 72 valence electrons. The Balaban J connectivity index is 2.13. The third-order valence-corrected chi connectivity index (χ3v) is 2.19. The number of anilines is 1. The molecule has 0 saturated heterocycles. The van der Waals surface area contributed by atoms with Crippen LogP contribution in [0, 0.1) is 0 Å². The number of carbonyl (C=O) groups is 1. The van der Waals surface area contributed by atoms with E-state index in [0.29, 0.717) is 11.6 Å². The summed E-state index contributed by atoms with van der Waals surface area (Å²) in [4.78, 5) is 19.2. The van der Waals surface area contributed by atoms with E-state index in [-0.39, 0.29) is 5.91 Å². The molecule has 2 rings (SSSR count). The van der Waals surface area contributed by atoms with Crippen molar-refractivity contribution in [1.82, 2.24) is 19.7 Å².